The molecule has 9 heteroatoms. The van der Waals surface area contributed by atoms with Crippen molar-refractivity contribution < 1.29 is 37.4 Å². The van der Waals surface area contributed by atoms with E-state index in [2.05, 4.69) is 10.1 Å². The standard InChI is InChI=1S/C17H20F3NO5/c1-3-12(22)8-9-13(16(25)26-2)21-15(24)14(23)10-4-6-11(7-5-10)17(18,19)20/h4-7,13-14,23H,3,8-9H2,1-2H3,(H,21,24)/t13-,14-/m0/s1. The van der Waals surface area contributed by atoms with Gasteiger partial charge in [0.1, 0.15) is 11.8 Å². The van der Waals surface area contributed by atoms with Crippen LogP contribution in [0.1, 0.15) is 43.4 Å². The summed E-state index contributed by atoms with van der Waals surface area (Å²) in [5.41, 5.74) is -0.983. The maximum atomic E-state index is 12.5. The van der Waals surface area contributed by atoms with E-state index in [1.807, 2.05) is 0 Å². The molecule has 0 saturated heterocycles. The summed E-state index contributed by atoms with van der Waals surface area (Å²) in [6.07, 6.45) is -6.01. The van der Waals surface area contributed by atoms with Gasteiger partial charge < -0.3 is 15.2 Å². The lowest BCUT2D eigenvalue weighted by Gasteiger charge is -2.19. The van der Waals surface area contributed by atoms with Crippen LogP contribution >= 0.6 is 0 Å². The summed E-state index contributed by atoms with van der Waals surface area (Å²) in [6.45, 7) is 1.66. The van der Waals surface area contributed by atoms with Gasteiger partial charge in [-0.05, 0) is 24.1 Å². The summed E-state index contributed by atoms with van der Waals surface area (Å²) < 4.78 is 42.2. The van der Waals surface area contributed by atoms with E-state index >= 15 is 0 Å². The van der Waals surface area contributed by atoms with E-state index in [1.165, 1.54) is 0 Å². The number of amides is 1. The molecule has 0 bridgehead atoms. The zero-order valence-electron chi connectivity index (χ0n) is 14.3. The van der Waals surface area contributed by atoms with Crippen molar-refractivity contribution in [3.63, 3.8) is 0 Å². The Bertz CT molecular complexity index is 643. The van der Waals surface area contributed by atoms with Crippen LogP contribution in [0.2, 0.25) is 0 Å². The van der Waals surface area contributed by atoms with Crippen molar-refractivity contribution in [2.45, 2.75) is 44.5 Å². The van der Waals surface area contributed by atoms with Gasteiger partial charge in [0.05, 0.1) is 12.7 Å². The predicted octanol–water partition coefficient (Wildman–Crippen LogP) is 2.16. The van der Waals surface area contributed by atoms with Crippen molar-refractivity contribution in [1.29, 1.82) is 0 Å². The number of rotatable bonds is 8. The topological polar surface area (TPSA) is 92.7 Å². The molecule has 26 heavy (non-hydrogen) atoms. The molecule has 2 N–H and O–H groups in total. The molecule has 1 aromatic rings. The molecule has 0 saturated carbocycles. The molecule has 0 aliphatic carbocycles. The predicted molar refractivity (Wildman–Crippen MR) is 84.9 cm³/mol. The summed E-state index contributed by atoms with van der Waals surface area (Å²) in [6, 6.07) is 2.28. The first kappa shape index (κ1) is 21.6. The molecule has 0 unspecified atom stereocenters. The summed E-state index contributed by atoms with van der Waals surface area (Å²) in [4.78, 5) is 35.2. The zero-order chi connectivity index (χ0) is 19.9. The Hall–Kier alpha value is -2.42. The Labute approximate surface area is 148 Å². The summed E-state index contributed by atoms with van der Waals surface area (Å²) >= 11 is 0. The Balaban J connectivity index is 2.81. The third-order valence-electron chi connectivity index (χ3n) is 3.71. The fraction of sp³-hybridized carbons (Fsp3) is 0.471. The highest BCUT2D eigenvalue weighted by Gasteiger charge is 2.31. The van der Waals surface area contributed by atoms with Crippen LogP contribution in [0.3, 0.4) is 0 Å². The van der Waals surface area contributed by atoms with Gasteiger partial charge >= 0.3 is 12.1 Å². The molecule has 0 fully saturated rings. The van der Waals surface area contributed by atoms with E-state index in [9.17, 15) is 32.7 Å². The third kappa shape index (κ3) is 6.14. The number of hydrogen-bond acceptors (Lipinski definition) is 5. The second-order valence-electron chi connectivity index (χ2n) is 5.54. The molecule has 1 aromatic carbocycles. The Kier molecular flexibility index (Phi) is 7.76. The van der Waals surface area contributed by atoms with Gasteiger partial charge in [0, 0.05) is 12.8 Å². The average Bonchev–Trinajstić information content (AvgIpc) is 2.62. The molecule has 0 spiro atoms. The number of esters is 1. The molecule has 1 amide bonds. The van der Waals surface area contributed by atoms with Crippen molar-refractivity contribution >= 4 is 17.7 Å². The van der Waals surface area contributed by atoms with Crippen LogP contribution in [0.15, 0.2) is 24.3 Å². The van der Waals surface area contributed by atoms with Gasteiger partial charge in [0.15, 0.2) is 6.10 Å². The monoisotopic (exact) mass is 375 g/mol. The Morgan fingerprint density at radius 2 is 1.77 bits per heavy atom. The van der Waals surface area contributed by atoms with Crippen LogP contribution in [-0.2, 0) is 25.3 Å². The number of hydrogen-bond donors (Lipinski definition) is 2. The van der Waals surface area contributed by atoms with Gasteiger partial charge in [0.2, 0.25) is 0 Å². The van der Waals surface area contributed by atoms with E-state index in [1.54, 1.807) is 6.92 Å². The van der Waals surface area contributed by atoms with Crippen LogP contribution < -0.4 is 5.32 Å². The van der Waals surface area contributed by atoms with Crippen molar-refractivity contribution in [3.8, 4) is 0 Å². The maximum Gasteiger partial charge on any atom is 0.416 e. The summed E-state index contributed by atoms with van der Waals surface area (Å²) in [5.74, 6) is -1.89. The minimum absolute atomic E-state index is 0.00911. The highest BCUT2D eigenvalue weighted by atomic mass is 19.4. The lowest BCUT2D eigenvalue weighted by molar-refractivity contribution is -0.146. The maximum absolute atomic E-state index is 12.5. The molecule has 0 heterocycles. The van der Waals surface area contributed by atoms with E-state index in [4.69, 9.17) is 0 Å². The summed E-state index contributed by atoms with van der Waals surface area (Å²) in [7, 11) is 1.11. The van der Waals surface area contributed by atoms with Gasteiger partial charge in [0.25, 0.3) is 5.91 Å². The fourth-order valence-electron chi connectivity index (χ4n) is 2.13. The second kappa shape index (κ2) is 9.33. The third-order valence-corrected chi connectivity index (χ3v) is 3.71. The average molecular weight is 375 g/mol. The fourth-order valence-corrected chi connectivity index (χ4v) is 2.13. The van der Waals surface area contributed by atoms with E-state index in [-0.39, 0.29) is 30.6 Å². The number of carbonyl (C=O) groups is 3. The SMILES string of the molecule is CCC(=O)CC[C@H](NC(=O)[C@@H](O)c1ccc(C(F)(F)F)cc1)C(=O)OC. The lowest BCUT2D eigenvalue weighted by Crippen LogP contribution is -2.44. The van der Waals surface area contributed by atoms with Gasteiger partial charge in [-0.25, -0.2) is 4.79 Å². The van der Waals surface area contributed by atoms with Crippen LogP contribution in [-0.4, -0.2) is 35.9 Å². The number of benzene rings is 1. The number of aliphatic hydroxyl groups excluding tert-OH is 1. The first-order valence-electron chi connectivity index (χ1n) is 7.85. The van der Waals surface area contributed by atoms with Gasteiger partial charge in [-0.3, -0.25) is 9.59 Å². The highest BCUT2D eigenvalue weighted by Crippen LogP contribution is 2.30. The number of ether oxygens (including phenoxy) is 1. The van der Waals surface area contributed by atoms with Gasteiger partial charge in [-0.1, -0.05) is 19.1 Å². The number of carbonyl (C=O) groups excluding carboxylic acids is 3. The molecular weight excluding hydrogens is 355 g/mol. The number of alkyl halides is 3. The smallest absolute Gasteiger partial charge is 0.416 e. The number of nitrogens with one attached hydrogen (secondary N) is 1. The molecular formula is C17H20F3NO5. The van der Waals surface area contributed by atoms with E-state index in [0.29, 0.717) is 0 Å². The minimum atomic E-state index is -4.53. The van der Waals surface area contributed by atoms with Crippen molar-refractivity contribution in [2.75, 3.05) is 7.11 Å². The number of methoxy groups -OCH3 is 1. The first-order valence-corrected chi connectivity index (χ1v) is 7.85. The van der Waals surface area contributed by atoms with Gasteiger partial charge in [-0.2, -0.15) is 13.2 Å². The van der Waals surface area contributed by atoms with E-state index < -0.39 is 35.8 Å². The zero-order valence-corrected chi connectivity index (χ0v) is 14.3. The van der Waals surface area contributed by atoms with Crippen molar-refractivity contribution in [1.82, 2.24) is 5.32 Å². The van der Waals surface area contributed by atoms with Crippen LogP contribution in [0.5, 0.6) is 0 Å². The molecule has 0 aliphatic heterocycles. The first-order chi connectivity index (χ1) is 12.1. The largest absolute Gasteiger partial charge is 0.467 e. The molecule has 2 atom stereocenters. The van der Waals surface area contributed by atoms with Gasteiger partial charge in [-0.15, -0.1) is 0 Å². The number of ketones is 1. The second-order valence-corrected chi connectivity index (χ2v) is 5.54. The molecule has 0 radical (unpaired) electrons. The Morgan fingerprint density at radius 1 is 1.19 bits per heavy atom. The molecule has 0 aromatic heterocycles. The highest BCUT2D eigenvalue weighted by molar-refractivity contribution is 5.88. The van der Waals surface area contributed by atoms with Crippen LogP contribution in [0.25, 0.3) is 0 Å². The molecule has 1 rings (SSSR count). The van der Waals surface area contributed by atoms with Crippen LogP contribution in [0.4, 0.5) is 13.2 Å². The van der Waals surface area contributed by atoms with Crippen LogP contribution in [0, 0.1) is 0 Å². The molecule has 144 valence electrons. The lowest BCUT2D eigenvalue weighted by atomic mass is 10.0. The molecule has 0 aliphatic rings. The number of halogens is 3. The number of aliphatic hydroxyl groups is 1. The summed E-state index contributed by atoms with van der Waals surface area (Å²) in [5, 5.41) is 12.2. The van der Waals surface area contributed by atoms with E-state index in [0.717, 1.165) is 31.4 Å². The minimum Gasteiger partial charge on any atom is -0.467 e. The van der Waals surface area contributed by atoms with Crippen molar-refractivity contribution in [2.24, 2.45) is 0 Å². The Morgan fingerprint density at radius 3 is 2.23 bits per heavy atom. The normalized spacial score (nSPS) is 13.6. The number of Topliss-reactive ketones (excluding diaryl/α,β-unsaturated/α-hetero) is 1. The molecule has 6 nitrogen and oxygen atoms in total. The van der Waals surface area contributed by atoms with Crippen molar-refractivity contribution in [3.05, 3.63) is 35.4 Å². The quantitative estimate of drug-likeness (QED) is 0.680.